The number of benzene rings is 1. The number of aliphatic hydroxyl groups is 1. The van der Waals surface area contributed by atoms with Crippen LogP contribution in [0, 0.1) is 0 Å². The smallest absolute Gasteiger partial charge is 0.414 e. The molecule has 1 aliphatic heterocycles. The van der Waals surface area contributed by atoms with E-state index in [1.807, 2.05) is 45.9 Å². The Bertz CT molecular complexity index is 620. The Balaban J connectivity index is 2.26. The number of hydrogen-bond acceptors (Lipinski definition) is 4. The molecule has 5 nitrogen and oxygen atoms in total. The first-order chi connectivity index (χ1) is 10.3. The van der Waals surface area contributed by atoms with Crippen molar-refractivity contribution in [3.05, 3.63) is 23.8 Å². The highest BCUT2D eigenvalue weighted by molar-refractivity contribution is 6.47. The summed E-state index contributed by atoms with van der Waals surface area (Å²) in [4.78, 5) is 13.4. The van der Waals surface area contributed by atoms with E-state index < -0.39 is 16.8 Å². The van der Waals surface area contributed by atoms with Gasteiger partial charge in [-0.15, -0.1) is 0 Å². The average Bonchev–Trinajstić information content (AvgIpc) is 2.41. The molecule has 1 aliphatic rings. The van der Waals surface area contributed by atoms with E-state index >= 15 is 0 Å². The summed E-state index contributed by atoms with van der Waals surface area (Å²) in [6, 6.07) is 5.73. The fourth-order valence-corrected chi connectivity index (χ4v) is 2.21. The summed E-state index contributed by atoms with van der Waals surface area (Å²) < 4.78 is 11.2. The van der Waals surface area contributed by atoms with Crippen molar-refractivity contribution in [2.75, 3.05) is 11.9 Å². The van der Waals surface area contributed by atoms with E-state index in [4.69, 9.17) is 9.39 Å². The van der Waals surface area contributed by atoms with Gasteiger partial charge in [0.25, 0.3) is 0 Å². The van der Waals surface area contributed by atoms with Crippen LogP contribution in [-0.4, -0.2) is 36.9 Å². The number of fused-ring (bicyclic) bond motifs is 1. The Morgan fingerprint density at radius 2 is 1.87 bits per heavy atom. The van der Waals surface area contributed by atoms with E-state index in [9.17, 15) is 9.90 Å². The van der Waals surface area contributed by atoms with Crippen LogP contribution in [0.4, 0.5) is 10.5 Å². The van der Waals surface area contributed by atoms with Crippen molar-refractivity contribution in [1.29, 1.82) is 0 Å². The van der Waals surface area contributed by atoms with Gasteiger partial charge in [0.1, 0.15) is 5.60 Å². The molecule has 2 rings (SSSR count). The molecule has 0 saturated carbocycles. The van der Waals surface area contributed by atoms with Crippen molar-refractivity contribution in [3.8, 4) is 0 Å². The maximum atomic E-state index is 12.0. The van der Waals surface area contributed by atoms with Gasteiger partial charge in [-0.05, 0) is 47.6 Å². The SMILES string of the molecule is CN1C(=O)OC(C)(C)c2ccc([B]OC(C)(C)C(C)(C)O)cc21. The number of carbonyl (C=O) groups is 1. The second-order valence-electron chi connectivity index (χ2n) is 7.52. The lowest BCUT2D eigenvalue weighted by Crippen LogP contribution is -2.49. The molecule has 125 valence electrons. The molecule has 1 radical (unpaired) electrons. The summed E-state index contributed by atoms with van der Waals surface area (Å²) in [5.74, 6) is 0. The van der Waals surface area contributed by atoms with Gasteiger partial charge in [-0.2, -0.15) is 0 Å². The van der Waals surface area contributed by atoms with E-state index in [2.05, 4.69) is 0 Å². The monoisotopic (exact) mass is 318 g/mol. The van der Waals surface area contributed by atoms with Crippen LogP contribution in [0.1, 0.15) is 47.1 Å². The third kappa shape index (κ3) is 3.38. The molecule has 1 heterocycles. The molecular formula is C17H25BNO4. The van der Waals surface area contributed by atoms with E-state index in [1.165, 1.54) is 4.90 Å². The molecule has 0 aromatic heterocycles. The minimum absolute atomic E-state index is 0.377. The van der Waals surface area contributed by atoms with Gasteiger partial charge in [-0.3, -0.25) is 4.90 Å². The van der Waals surface area contributed by atoms with E-state index in [0.29, 0.717) is 0 Å². The Morgan fingerprint density at radius 3 is 2.43 bits per heavy atom. The first-order valence-corrected chi connectivity index (χ1v) is 7.70. The largest absolute Gasteiger partial charge is 0.438 e. The fourth-order valence-electron chi connectivity index (χ4n) is 2.21. The van der Waals surface area contributed by atoms with Crippen LogP contribution in [0.25, 0.3) is 0 Å². The topological polar surface area (TPSA) is 59.0 Å². The Labute approximate surface area is 138 Å². The molecule has 0 spiro atoms. The molecular weight excluding hydrogens is 293 g/mol. The molecule has 1 amide bonds. The normalized spacial score (nSPS) is 17.6. The zero-order chi connectivity index (χ0) is 17.6. The number of nitrogens with zero attached hydrogens (tertiary/aromatic N) is 1. The zero-order valence-electron chi connectivity index (χ0n) is 14.9. The van der Waals surface area contributed by atoms with Gasteiger partial charge in [0.2, 0.25) is 0 Å². The van der Waals surface area contributed by atoms with Crippen LogP contribution in [0.15, 0.2) is 18.2 Å². The van der Waals surface area contributed by atoms with Crippen LogP contribution in [0.5, 0.6) is 0 Å². The highest BCUT2D eigenvalue weighted by Gasteiger charge is 2.38. The second kappa shape index (κ2) is 5.53. The van der Waals surface area contributed by atoms with Crippen molar-refractivity contribution in [2.45, 2.75) is 58.3 Å². The lowest BCUT2D eigenvalue weighted by Gasteiger charge is -2.38. The van der Waals surface area contributed by atoms with Gasteiger partial charge in [0, 0.05) is 12.6 Å². The minimum Gasteiger partial charge on any atom is -0.438 e. The van der Waals surface area contributed by atoms with Crippen LogP contribution in [0.3, 0.4) is 0 Å². The van der Waals surface area contributed by atoms with Gasteiger partial charge in [-0.25, -0.2) is 4.79 Å². The third-order valence-electron chi connectivity index (χ3n) is 4.61. The molecule has 0 atom stereocenters. The summed E-state index contributed by atoms with van der Waals surface area (Å²) in [5.41, 5.74) is 0.166. The molecule has 6 heteroatoms. The molecule has 0 aliphatic carbocycles. The minimum atomic E-state index is -0.986. The molecule has 0 saturated heterocycles. The summed E-state index contributed by atoms with van der Waals surface area (Å²) in [6.07, 6.45) is -0.377. The number of hydrogen-bond donors (Lipinski definition) is 1. The Kier molecular flexibility index (Phi) is 4.28. The highest BCUT2D eigenvalue weighted by atomic mass is 16.6. The van der Waals surface area contributed by atoms with Gasteiger partial charge in [0.05, 0.1) is 16.9 Å². The van der Waals surface area contributed by atoms with Gasteiger partial charge < -0.3 is 14.5 Å². The van der Waals surface area contributed by atoms with E-state index in [0.717, 1.165) is 16.7 Å². The fraction of sp³-hybridized carbons (Fsp3) is 0.588. The maximum Gasteiger partial charge on any atom is 0.414 e. The predicted molar refractivity (Wildman–Crippen MR) is 91.2 cm³/mol. The van der Waals surface area contributed by atoms with Crippen molar-refractivity contribution in [1.82, 2.24) is 0 Å². The average molecular weight is 318 g/mol. The quantitative estimate of drug-likeness (QED) is 0.866. The maximum absolute atomic E-state index is 12.0. The molecule has 1 aromatic rings. The van der Waals surface area contributed by atoms with E-state index in [1.54, 1.807) is 28.4 Å². The van der Waals surface area contributed by atoms with Gasteiger partial charge in [-0.1, -0.05) is 17.6 Å². The lowest BCUT2D eigenvalue weighted by atomic mass is 9.81. The number of cyclic esters (lactones) is 1. The van der Waals surface area contributed by atoms with Crippen LogP contribution in [0.2, 0.25) is 0 Å². The standard InChI is InChI=1S/C17H25BNO4/c1-15(2)12-9-8-11(10-13(12)19(7)14(20)22-15)18-23-17(5,6)16(3,4)21/h8-10,21H,1-7H3. The first kappa shape index (κ1) is 17.8. The zero-order valence-corrected chi connectivity index (χ0v) is 14.9. The molecule has 0 fully saturated rings. The third-order valence-corrected chi connectivity index (χ3v) is 4.61. The highest BCUT2D eigenvalue weighted by Crippen LogP contribution is 2.37. The van der Waals surface area contributed by atoms with E-state index in [-0.39, 0.29) is 6.09 Å². The summed E-state index contributed by atoms with van der Waals surface area (Å²) >= 11 is 0. The number of carbonyl (C=O) groups excluding carboxylic acids is 1. The van der Waals surface area contributed by atoms with Crippen molar-refractivity contribution >= 4 is 24.7 Å². The molecule has 1 N–H and O–H groups in total. The number of ether oxygens (including phenoxy) is 1. The van der Waals surface area contributed by atoms with Crippen molar-refractivity contribution < 1.29 is 19.3 Å². The van der Waals surface area contributed by atoms with Crippen LogP contribution >= 0.6 is 0 Å². The molecule has 23 heavy (non-hydrogen) atoms. The summed E-state index contributed by atoms with van der Waals surface area (Å²) in [6.45, 7) is 10.8. The van der Waals surface area contributed by atoms with Crippen LogP contribution < -0.4 is 10.4 Å². The molecule has 0 unspecified atom stereocenters. The molecule has 0 bridgehead atoms. The predicted octanol–water partition coefficient (Wildman–Crippen LogP) is 2.32. The summed E-state index contributed by atoms with van der Waals surface area (Å²) in [7, 11) is 3.29. The Morgan fingerprint density at radius 1 is 1.26 bits per heavy atom. The number of rotatable bonds is 4. The lowest BCUT2D eigenvalue weighted by molar-refractivity contribution is -0.0893. The number of anilines is 1. The van der Waals surface area contributed by atoms with Crippen molar-refractivity contribution in [2.24, 2.45) is 0 Å². The van der Waals surface area contributed by atoms with Crippen molar-refractivity contribution in [3.63, 3.8) is 0 Å². The van der Waals surface area contributed by atoms with Gasteiger partial charge in [0.15, 0.2) is 0 Å². The first-order valence-electron chi connectivity index (χ1n) is 7.70. The van der Waals surface area contributed by atoms with Gasteiger partial charge >= 0.3 is 13.6 Å². The Hall–Kier alpha value is -1.53. The molecule has 1 aromatic carbocycles. The second-order valence-corrected chi connectivity index (χ2v) is 7.52. The summed E-state index contributed by atoms with van der Waals surface area (Å²) in [5, 5.41) is 10.1. The van der Waals surface area contributed by atoms with Crippen LogP contribution in [-0.2, 0) is 15.0 Å². The number of amides is 1.